The number of carboxylic acid groups (broad SMARTS) is 1. The van der Waals surface area contributed by atoms with E-state index in [0.29, 0.717) is 5.56 Å². The van der Waals surface area contributed by atoms with Crippen molar-refractivity contribution in [3.63, 3.8) is 0 Å². The number of rotatable bonds is 5. The molecule has 1 aliphatic carbocycles. The summed E-state index contributed by atoms with van der Waals surface area (Å²) in [5.41, 5.74) is 3.64. The van der Waals surface area contributed by atoms with Gasteiger partial charge in [0.15, 0.2) is 0 Å². The molecular weight excluding hydrogens is 461 g/mol. The average Bonchev–Trinajstić information content (AvgIpc) is 3.32. The highest BCUT2D eigenvalue weighted by atomic mass is 19.1. The van der Waals surface area contributed by atoms with Crippen LogP contribution in [-0.4, -0.2) is 52.8 Å². The van der Waals surface area contributed by atoms with E-state index in [4.69, 9.17) is 9.84 Å². The van der Waals surface area contributed by atoms with Gasteiger partial charge in [-0.3, -0.25) is 4.98 Å². The van der Waals surface area contributed by atoms with Crippen LogP contribution in [0.1, 0.15) is 46.8 Å². The smallest absolute Gasteiger partial charge is 0.449 e. The third-order valence-electron chi connectivity index (χ3n) is 7.80. The number of fused-ring (bicyclic) bond motifs is 1. The molecule has 1 N–H and O–H groups in total. The lowest BCUT2D eigenvalue weighted by atomic mass is 9.93. The molecule has 186 valence electrons. The second kappa shape index (κ2) is 9.70. The summed E-state index contributed by atoms with van der Waals surface area (Å²) in [4.78, 5) is 31.8. The fraction of sp³-hybridized carbons (Fsp3) is 0.321. The van der Waals surface area contributed by atoms with Gasteiger partial charge in [-0.2, -0.15) is 0 Å². The molecule has 1 amide bonds. The molecule has 7 nitrogen and oxygen atoms in total. The first-order chi connectivity index (χ1) is 17.4. The largest absolute Gasteiger partial charge is 0.511 e. The number of benzene rings is 2. The fourth-order valence-corrected chi connectivity index (χ4v) is 5.93. The Morgan fingerprint density at radius 2 is 1.72 bits per heavy atom. The van der Waals surface area contributed by atoms with Gasteiger partial charge >= 0.3 is 12.1 Å². The number of hydrogen-bond donors (Lipinski definition) is 1. The fourth-order valence-electron chi connectivity index (χ4n) is 5.93. The van der Waals surface area contributed by atoms with Crippen LogP contribution in [0.25, 0.3) is 0 Å². The van der Waals surface area contributed by atoms with Crippen molar-refractivity contribution in [2.45, 2.75) is 37.8 Å². The number of piperidine rings is 1. The molecule has 1 unspecified atom stereocenters. The van der Waals surface area contributed by atoms with Crippen LogP contribution in [-0.2, 0) is 6.42 Å². The molecule has 0 saturated carbocycles. The van der Waals surface area contributed by atoms with Crippen molar-refractivity contribution in [3.05, 3.63) is 89.5 Å². The molecule has 0 bridgehead atoms. The summed E-state index contributed by atoms with van der Waals surface area (Å²) in [5.74, 6) is -0.186. The van der Waals surface area contributed by atoms with Crippen LogP contribution in [0.2, 0.25) is 0 Å². The molecular formula is C28H29FN3O4+. The van der Waals surface area contributed by atoms with Gasteiger partial charge in [0.05, 0.1) is 18.7 Å². The van der Waals surface area contributed by atoms with Crippen LogP contribution in [0.4, 0.5) is 14.9 Å². The number of aromatic nitrogens is 1. The second-order valence-corrected chi connectivity index (χ2v) is 9.67. The highest BCUT2D eigenvalue weighted by Crippen LogP contribution is 2.45. The minimum absolute atomic E-state index is 0.0423. The van der Waals surface area contributed by atoms with Gasteiger partial charge in [0.25, 0.3) is 0 Å². The number of ether oxygens (including phenoxy) is 1. The minimum Gasteiger partial charge on any atom is -0.449 e. The van der Waals surface area contributed by atoms with Crippen molar-refractivity contribution >= 4 is 17.7 Å². The molecule has 2 atom stereocenters. The van der Waals surface area contributed by atoms with Crippen LogP contribution in [0.5, 0.6) is 5.75 Å². The first kappa shape index (κ1) is 23.9. The zero-order chi connectivity index (χ0) is 25.3. The van der Waals surface area contributed by atoms with Crippen LogP contribution < -0.4 is 9.64 Å². The maximum Gasteiger partial charge on any atom is 0.511 e. The van der Waals surface area contributed by atoms with E-state index in [9.17, 15) is 14.0 Å². The number of halogens is 1. The van der Waals surface area contributed by atoms with Crippen molar-refractivity contribution < 1.29 is 28.3 Å². The number of pyridine rings is 1. The number of hydrogen-bond acceptors (Lipinski definition) is 5. The van der Waals surface area contributed by atoms with Crippen LogP contribution in [0, 0.1) is 5.82 Å². The van der Waals surface area contributed by atoms with Crippen molar-refractivity contribution in [2.24, 2.45) is 0 Å². The van der Waals surface area contributed by atoms with E-state index in [1.807, 2.05) is 25.2 Å². The summed E-state index contributed by atoms with van der Waals surface area (Å²) in [6.45, 7) is 1.61. The van der Waals surface area contributed by atoms with Gasteiger partial charge in [-0.05, 0) is 60.5 Å². The predicted octanol–water partition coefficient (Wildman–Crippen LogP) is 5.22. The first-order valence-electron chi connectivity index (χ1n) is 12.2. The van der Waals surface area contributed by atoms with Crippen LogP contribution in [0.3, 0.4) is 0 Å². The predicted molar refractivity (Wildman–Crippen MR) is 133 cm³/mol. The number of quaternary nitrogens is 1. The number of carbonyl (C=O) groups is 2. The van der Waals surface area contributed by atoms with Gasteiger partial charge in [-0.15, -0.1) is 0 Å². The van der Waals surface area contributed by atoms with E-state index in [1.165, 1.54) is 12.1 Å². The highest BCUT2D eigenvalue weighted by molar-refractivity contribution is 5.89. The number of aryl methyl sites for hydroxylation is 1. The molecule has 3 aromatic rings. The van der Waals surface area contributed by atoms with Crippen molar-refractivity contribution in [2.75, 3.05) is 25.0 Å². The number of anilines is 1. The van der Waals surface area contributed by atoms with E-state index < -0.39 is 6.16 Å². The Labute approximate surface area is 209 Å². The summed E-state index contributed by atoms with van der Waals surface area (Å²) < 4.78 is 18.8. The SMILES string of the molecule is C[N+](C(=O)c1ccc(F)cc1)(C1CCN(c2ccncc2)CC1)[C@@H]1CCc2ccc(OC(=O)O)cc21. The van der Waals surface area contributed by atoms with E-state index in [2.05, 4.69) is 9.88 Å². The normalized spacial score (nSPS) is 19.4. The van der Waals surface area contributed by atoms with Gasteiger partial charge in [-0.1, -0.05) is 6.07 Å². The maximum atomic E-state index is 14.2. The average molecular weight is 491 g/mol. The highest BCUT2D eigenvalue weighted by Gasteiger charge is 2.50. The Kier molecular flexibility index (Phi) is 6.45. The number of nitrogens with zero attached hydrogens (tertiary/aromatic N) is 3. The molecule has 2 heterocycles. The number of carbonyl (C=O) groups excluding carboxylic acids is 1. The van der Waals surface area contributed by atoms with E-state index in [-0.39, 0.29) is 34.0 Å². The summed E-state index contributed by atoms with van der Waals surface area (Å²) in [5, 5.41) is 9.10. The van der Waals surface area contributed by atoms with Crippen LogP contribution >= 0.6 is 0 Å². The Bertz CT molecular complexity index is 1260. The molecule has 2 aliphatic rings. The lowest BCUT2D eigenvalue weighted by molar-refractivity contribution is -0.887. The summed E-state index contributed by atoms with van der Waals surface area (Å²) in [7, 11) is 1.99. The third kappa shape index (κ3) is 4.44. The zero-order valence-electron chi connectivity index (χ0n) is 20.1. The van der Waals surface area contributed by atoms with Gasteiger partial charge in [-0.25, -0.2) is 18.5 Å². The second-order valence-electron chi connectivity index (χ2n) is 9.67. The molecule has 1 saturated heterocycles. The monoisotopic (exact) mass is 490 g/mol. The van der Waals surface area contributed by atoms with Crippen molar-refractivity contribution in [1.29, 1.82) is 0 Å². The van der Waals surface area contributed by atoms with E-state index in [1.54, 1.807) is 36.7 Å². The zero-order valence-corrected chi connectivity index (χ0v) is 20.1. The first-order valence-corrected chi connectivity index (χ1v) is 12.2. The summed E-state index contributed by atoms with van der Waals surface area (Å²) >= 11 is 0. The molecule has 0 spiro atoms. The third-order valence-corrected chi connectivity index (χ3v) is 7.80. The topological polar surface area (TPSA) is 79.7 Å². The van der Waals surface area contributed by atoms with Gasteiger partial charge in [0, 0.05) is 56.0 Å². The lowest BCUT2D eigenvalue weighted by Crippen LogP contribution is -2.60. The van der Waals surface area contributed by atoms with Gasteiger partial charge in [0.1, 0.15) is 17.6 Å². The minimum atomic E-state index is -1.37. The Hall–Kier alpha value is -3.78. The van der Waals surface area contributed by atoms with Gasteiger partial charge in [0.2, 0.25) is 0 Å². The molecule has 1 fully saturated rings. The molecule has 36 heavy (non-hydrogen) atoms. The standard InChI is InChI=1S/C28H28FN3O4/c1-32(27(33)20-2-6-21(29)7-3-20,23-12-16-31(17-13-23)22-10-14-30-15-11-22)26-9-5-19-4-8-24(18-25(19)26)36-28(34)35/h2-4,6-8,10-11,14-15,18,23,26H,5,9,12-13,16-17H2,1H3/p+1/t26-,32?/m1/s1. The molecule has 2 aromatic carbocycles. The maximum absolute atomic E-state index is 14.2. The van der Waals surface area contributed by atoms with Gasteiger partial charge < -0.3 is 14.7 Å². The number of amides is 1. The Balaban J connectivity index is 1.50. The molecule has 1 aromatic heterocycles. The summed E-state index contributed by atoms with van der Waals surface area (Å²) in [6, 6.07) is 15.0. The van der Waals surface area contributed by atoms with E-state index >= 15 is 0 Å². The molecule has 8 heteroatoms. The lowest BCUT2D eigenvalue weighted by Gasteiger charge is -2.47. The summed E-state index contributed by atoms with van der Waals surface area (Å²) in [6.07, 6.45) is 5.38. The molecule has 1 aliphatic heterocycles. The van der Waals surface area contributed by atoms with Crippen molar-refractivity contribution in [1.82, 2.24) is 4.98 Å². The Morgan fingerprint density at radius 3 is 2.39 bits per heavy atom. The van der Waals surface area contributed by atoms with E-state index in [0.717, 1.165) is 55.6 Å². The molecule has 5 rings (SSSR count). The van der Waals surface area contributed by atoms with Crippen LogP contribution in [0.15, 0.2) is 67.0 Å². The quantitative estimate of drug-likeness (QED) is 0.300. The Morgan fingerprint density at radius 1 is 1.03 bits per heavy atom. The molecule has 0 radical (unpaired) electrons. The van der Waals surface area contributed by atoms with Crippen molar-refractivity contribution in [3.8, 4) is 5.75 Å².